The Balaban J connectivity index is 2.60. The van der Waals surface area contributed by atoms with Gasteiger partial charge < -0.3 is 8.85 Å². The van der Waals surface area contributed by atoms with Gasteiger partial charge in [0.25, 0.3) is 0 Å². The van der Waals surface area contributed by atoms with Gasteiger partial charge in [-0.1, -0.05) is 46.0 Å². The first kappa shape index (κ1) is 12.2. The summed E-state index contributed by atoms with van der Waals surface area (Å²) in [5, 5.41) is 0.282. The lowest BCUT2D eigenvalue weighted by molar-refractivity contribution is 0.194. The summed E-state index contributed by atoms with van der Waals surface area (Å²) in [4.78, 5) is 0. The maximum absolute atomic E-state index is 5.53. The fourth-order valence-electron chi connectivity index (χ4n) is 2.74. The van der Waals surface area contributed by atoms with Crippen LogP contribution in [0.25, 0.3) is 0 Å². The second-order valence-electron chi connectivity index (χ2n) is 4.96. The van der Waals surface area contributed by atoms with Crippen molar-refractivity contribution >= 4 is 9.28 Å². The standard InChI is InChI=1S/C11H24O2Si/c1-11(2,14(12-3)13-4)10-8-6-5-7-9-10/h10,14H,5-9H2,1-4H3. The highest BCUT2D eigenvalue weighted by atomic mass is 28.3. The summed E-state index contributed by atoms with van der Waals surface area (Å²) in [5.41, 5.74) is 0. The van der Waals surface area contributed by atoms with Crippen LogP contribution in [-0.4, -0.2) is 23.5 Å². The molecule has 2 nitrogen and oxygen atoms in total. The van der Waals surface area contributed by atoms with Crippen molar-refractivity contribution in [3.63, 3.8) is 0 Å². The molecule has 0 spiro atoms. The summed E-state index contributed by atoms with van der Waals surface area (Å²) in [6.45, 7) is 4.65. The predicted molar refractivity (Wildman–Crippen MR) is 61.8 cm³/mol. The first-order valence-corrected chi connectivity index (χ1v) is 7.20. The Labute approximate surface area is 89.8 Å². The molecular weight excluding hydrogens is 192 g/mol. The smallest absolute Gasteiger partial charge is 0.327 e. The van der Waals surface area contributed by atoms with Gasteiger partial charge in [0.1, 0.15) is 0 Å². The van der Waals surface area contributed by atoms with Crippen LogP contribution >= 0.6 is 0 Å². The highest BCUT2D eigenvalue weighted by Gasteiger charge is 2.40. The summed E-state index contributed by atoms with van der Waals surface area (Å²) >= 11 is 0. The maximum Gasteiger partial charge on any atom is 0.327 e. The maximum atomic E-state index is 5.53. The first-order valence-electron chi connectivity index (χ1n) is 5.68. The van der Waals surface area contributed by atoms with Crippen LogP contribution in [0.3, 0.4) is 0 Å². The Morgan fingerprint density at radius 2 is 1.50 bits per heavy atom. The van der Waals surface area contributed by atoms with Crippen molar-refractivity contribution < 1.29 is 8.85 Å². The molecular formula is C11H24O2Si. The van der Waals surface area contributed by atoms with Gasteiger partial charge in [-0.2, -0.15) is 0 Å². The summed E-state index contributed by atoms with van der Waals surface area (Å²) in [6.07, 6.45) is 6.93. The summed E-state index contributed by atoms with van der Waals surface area (Å²) in [6, 6.07) is 0. The zero-order valence-electron chi connectivity index (χ0n) is 10.0. The molecule has 0 radical (unpaired) electrons. The van der Waals surface area contributed by atoms with Crippen LogP contribution in [0.4, 0.5) is 0 Å². The monoisotopic (exact) mass is 216 g/mol. The van der Waals surface area contributed by atoms with Gasteiger partial charge in [-0.15, -0.1) is 0 Å². The summed E-state index contributed by atoms with van der Waals surface area (Å²) < 4.78 is 11.1. The van der Waals surface area contributed by atoms with Crippen molar-refractivity contribution in [2.75, 3.05) is 14.2 Å². The Bertz CT molecular complexity index is 161. The van der Waals surface area contributed by atoms with Crippen LogP contribution in [0.1, 0.15) is 46.0 Å². The molecule has 0 bridgehead atoms. The highest BCUT2D eigenvalue weighted by molar-refractivity contribution is 6.48. The van der Waals surface area contributed by atoms with E-state index in [0.717, 1.165) is 5.92 Å². The van der Waals surface area contributed by atoms with E-state index in [9.17, 15) is 0 Å². The van der Waals surface area contributed by atoms with Gasteiger partial charge in [0.2, 0.25) is 0 Å². The molecule has 0 aromatic carbocycles. The van der Waals surface area contributed by atoms with Crippen molar-refractivity contribution in [1.82, 2.24) is 0 Å². The lowest BCUT2D eigenvalue weighted by Crippen LogP contribution is -2.38. The van der Waals surface area contributed by atoms with Crippen molar-refractivity contribution in [1.29, 1.82) is 0 Å². The predicted octanol–water partition coefficient (Wildman–Crippen LogP) is 2.86. The third-order valence-electron chi connectivity index (χ3n) is 3.69. The molecule has 0 N–H and O–H groups in total. The lowest BCUT2D eigenvalue weighted by Gasteiger charge is -2.39. The van der Waals surface area contributed by atoms with Crippen LogP contribution in [0, 0.1) is 5.92 Å². The minimum absolute atomic E-state index is 0.282. The van der Waals surface area contributed by atoms with Crippen LogP contribution in [0.15, 0.2) is 0 Å². The Hall–Kier alpha value is 0.137. The zero-order valence-corrected chi connectivity index (χ0v) is 11.2. The molecule has 0 aromatic rings. The molecule has 1 aliphatic rings. The normalized spacial score (nSPS) is 20.4. The molecule has 0 unspecified atom stereocenters. The van der Waals surface area contributed by atoms with Gasteiger partial charge in [-0.05, 0) is 5.92 Å². The van der Waals surface area contributed by atoms with Crippen LogP contribution in [-0.2, 0) is 8.85 Å². The van der Waals surface area contributed by atoms with E-state index >= 15 is 0 Å². The van der Waals surface area contributed by atoms with E-state index in [1.54, 1.807) is 14.2 Å². The largest absolute Gasteiger partial charge is 0.400 e. The van der Waals surface area contributed by atoms with E-state index in [4.69, 9.17) is 8.85 Å². The van der Waals surface area contributed by atoms with E-state index in [0.29, 0.717) is 0 Å². The third-order valence-corrected chi connectivity index (χ3v) is 6.24. The number of hydrogen-bond acceptors (Lipinski definition) is 2. The van der Waals surface area contributed by atoms with Crippen molar-refractivity contribution in [3.8, 4) is 0 Å². The van der Waals surface area contributed by atoms with E-state index < -0.39 is 9.28 Å². The minimum atomic E-state index is -1.47. The van der Waals surface area contributed by atoms with Gasteiger partial charge in [0.15, 0.2) is 0 Å². The second kappa shape index (κ2) is 5.28. The molecule has 1 rings (SSSR count). The number of hydrogen-bond donors (Lipinski definition) is 0. The molecule has 1 saturated carbocycles. The van der Waals surface area contributed by atoms with Gasteiger partial charge in [0.05, 0.1) is 0 Å². The molecule has 1 fully saturated rings. The van der Waals surface area contributed by atoms with Crippen LogP contribution in [0.2, 0.25) is 5.04 Å². The summed E-state index contributed by atoms with van der Waals surface area (Å²) in [7, 11) is 2.12. The van der Waals surface area contributed by atoms with Crippen molar-refractivity contribution in [2.24, 2.45) is 5.92 Å². The third kappa shape index (κ3) is 2.58. The summed E-state index contributed by atoms with van der Waals surface area (Å²) in [5.74, 6) is 0.813. The average Bonchev–Trinajstić information content (AvgIpc) is 2.20. The molecule has 0 atom stereocenters. The van der Waals surface area contributed by atoms with Crippen LogP contribution in [0.5, 0.6) is 0 Å². The quantitative estimate of drug-likeness (QED) is 0.673. The molecule has 14 heavy (non-hydrogen) atoms. The molecule has 0 heterocycles. The van der Waals surface area contributed by atoms with Crippen molar-refractivity contribution in [2.45, 2.75) is 51.0 Å². The Kier molecular flexibility index (Phi) is 4.61. The fraction of sp³-hybridized carbons (Fsp3) is 1.00. The van der Waals surface area contributed by atoms with Gasteiger partial charge in [0, 0.05) is 19.3 Å². The molecule has 0 saturated heterocycles. The zero-order chi connectivity index (χ0) is 10.6. The topological polar surface area (TPSA) is 18.5 Å². The average molecular weight is 216 g/mol. The fourth-order valence-corrected chi connectivity index (χ4v) is 4.87. The van der Waals surface area contributed by atoms with E-state index in [1.807, 2.05) is 0 Å². The van der Waals surface area contributed by atoms with Gasteiger partial charge in [-0.25, -0.2) is 0 Å². The van der Waals surface area contributed by atoms with Gasteiger partial charge >= 0.3 is 9.28 Å². The molecule has 0 aliphatic heterocycles. The molecule has 0 aromatic heterocycles. The van der Waals surface area contributed by atoms with Crippen LogP contribution < -0.4 is 0 Å². The lowest BCUT2D eigenvalue weighted by atomic mass is 9.81. The highest BCUT2D eigenvalue weighted by Crippen LogP contribution is 2.45. The SMILES string of the molecule is CO[SiH](OC)C(C)(C)C1CCCCC1. The molecule has 0 amide bonds. The minimum Gasteiger partial charge on any atom is -0.400 e. The van der Waals surface area contributed by atoms with E-state index in [2.05, 4.69) is 13.8 Å². The van der Waals surface area contributed by atoms with Crippen molar-refractivity contribution in [3.05, 3.63) is 0 Å². The first-order chi connectivity index (χ1) is 6.62. The molecule has 84 valence electrons. The Morgan fingerprint density at radius 1 is 1.00 bits per heavy atom. The van der Waals surface area contributed by atoms with E-state index in [-0.39, 0.29) is 5.04 Å². The number of rotatable bonds is 4. The second-order valence-corrected chi connectivity index (χ2v) is 8.05. The van der Waals surface area contributed by atoms with E-state index in [1.165, 1.54) is 32.1 Å². The Morgan fingerprint density at radius 3 is 1.93 bits per heavy atom. The van der Waals surface area contributed by atoms with Gasteiger partial charge in [-0.3, -0.25) is 0 Å². The molecule has 3 heteroatoms. The molecule has 1 aliphatic carbocycles.